The Bertz CT molecular complexity index is 446. The standard InChI is InChI=1S/C12H15N3S.C2H4O2/c13-7-11-1-2-12(15-8-11)16-9-10-3-5-14-6-4-10;1-2(3)4/h1-2,8,10,14H,3-6,9H2;1H3,(H,3,4). The molecule has 1 aromatic heterocycles. The van der Waals surface area contributed by atoms with Gasteiger partial charge in [-0.05, 0) is 25.0 Å². The van der Waals surface area contributed by atoms with E-state index in [1.165, 1.54) is 25.9 Å². The molecule has 5 nitrogen and oxygen atoms in total. The Morgan fingerprint density at radius 1 is 1.55 bits per heavy atom. The first-order chi connectivity index (χ1) is 9.61. The quantitative estimate of drug-likeness (QED) is 0.777. The summed E-state index contributed by atoms with van der Waals surface area (Å²) in [5, 5.41) is 21.0. The van der Waals surface area contributed by atoms with Crippen LogP contribution < -0.4 is 10.4 Å². The molecule has 0 unspecified atom stereocenters. The van der Waals surface area contributed by atoms with Gasteiger partial charge in [-0.15, -0.1) is 11.8 Å². The summed E-state index contributed by atoms with van der Waals surface area (Å²) < 4.78 is 0. The van der Waals surface area contributed by atoms with E-state index in [1.54, 1.807) is 6.20 Å². The number of aromatic nitrogens is 1. The highest BCUT2D eigenvalue weighted by atomic mass is 32.2. The summed E-state index contributed by atoms with van der Waals surface area (Å²) in [6, 6.07) is 5.86. The van der Waals surface area contributed by atoms with E-state index in [0.29, 0.717) is 5.56 Å². The molecule has 0 bridgehead atoms. The lowest BCUT2D eigenvalue weighted by Gasteiger charge is -2.19. The Kier molecular flexibility index (Phi) is 7.70. The van der Waals surface area contributed by atoms with Crippen molar-refractivity contribution < 1.29 is 15.2 Å². The zero-order chi connectivity index (χ0) is 14.8. The van der Waals surface area contributed by atoms with Gasteiger partial charge in [0, 0.05) is 30.8 Å². The SMILES string of the molecule is CC(=O)[O-].N#Cc1ccc(SCC2CC[NH2+]CC2)nc1. The monoisotopic (exact) mass is 293 g/mol. The summed E-state index contributed by atoms with van der Waals surface area (Å²) in [6.07, 6.45) is 4.30. The normalized spacial score (nSPS) is 14.8. The van der Waals surface area contributed by atoms with E-state index in [9.17, 15) is 0 Å². The number of pyridine rings is 1. The smallest absolute Gasteiger partial charge is 0.101 e. The molecule has 0 aliphatic carbocycles. The zero-order valence-electron chi connectivity index (χ0n) is 11.5. The van der Waals surface area contributed by atoms with Gasteiger partial charge in [0.1, 0.15) is 6.07 Å². The molecule has 1 aliphatic heterocycles. The van der Waals surface area contributed by atoms with Gasteiger partial charge in [-0.3, -0.25) is 0 Å². The van der Waals surface area contributed by atoms with E-state index in [2.05, 4.69) is 16.4 Å². The number of hydrogen-bond acceptors (Lipinski definition) is 5. The number of nitriles is 1. The maximum atomic E-state index is 8.89. The third-order valence-electron chi connectivity index (χ3n) is 2.89. The highest BCUT2D eigenvalue weighted by Gasteiger charge is 2.15. The van der Waals surface area contributed by atoms with Crippen molar-refractivity contribution in [1.82, 2.24) is 4.98 Å². The van der Waals surface area contributed by atoms with Crippen LogP contribution in [0.3, 0.4) is 0 Å². The topological polar surface area (TPSA) is 93.4 Å². The Labute approximate surface area is 123 Å². The Hall–Kier alpha value is -1.58. The van der Waals surface area contributed by atoms with Crippen molar-refractivity contribution >= 4 is 17.7 Å². The first-order valence-corrected chi connectivity index (χ1v) is 7.58. The van der Waals surface area contributed by atoms with Crippen LogP contribution >= 0.6 is 11.8 Å². The lowest BCUT2D eigenvalue weighted by molar-refractivity contribution is -0.664. The lowest BCUT2D eigenvalue weighted by atomic mass is 10.0. The number of nitrogens with zero attached hydrogens (tertiary/aromatic N) is 2. The third-order valence-corrected chi connectivity index (χ3v) is 4.07. The number of piperidine rings is 1. The van der Waals surface area contributed by atoms with Crippen molar-refractivity contribution in [2.24, 2.45) is 5.92 Å². The van der Waals surface area contributed by atoms with Gasteiger partial charge in [0.15, 0.2) is 0 Å². The van der Waals surface area contributed by atoms with Crippen LogP contribution in [0, 0.1) is 17.2 Å². The van der Waals surface area contributed by atoms with Crippen LogP contribution in [0.25, 0.3) is 0 Å². The largest absolute Gasteiger partial charge is 0.550 e. The number of carbonyl (C=O) groups excluding carboxylic acids is 1. The minimum Gasteiger partial charge on any atom is -0.550 e. The number of thioether (sulfide) groups is 1. The second-order valence-corrected chi connectivity index (χ2v) is 5.65. The first kappa shape index (κ1) is 16.5. The van der Waals surface area contributed by atoms with E-state index in [4.69, 9.17) is 15.2 Å². The second kappa shape index (κ2) is 9.34. The summed E-state index contributed by atoms with van der Waals surface area (Å²) in [5.41, 5.74) is 0.636. The summed E-state index contributed by atoms with van der Waals surface area (Å²) in [4.78, 5) is 13.2. The maximum absolute atomic E-state index is 8.89. The molecule has 0 spiro atoms. The van der Waals surface area contributed by atoms with E-state index in [-0.39, 0.29) is 0 Å². The fraction of sp³-hybridized carbons (Fsp3) is 0.500. The minimum atomic E-state index is -1.08. The van der Waals surface area contributed by atoms with Crippen molar-refractivity contribution in [3.8, 4) is 6.07 Å². The fourth-order valence-electron chi connectivity index (χ4n) is 1.90. The molecule has 2 rings (SSSR count). The number of aliphatic carboxylic acids is 1. The van der Waals surface area contributed by atoms with Crippen LogP contribution in [-0.2, 0) is 4.79 Å². The van der Waals surface area contributed by atoms with Crippen LogP contribution in [0.4, 0.5) is 0 Å². The van der Waals surface area contributed by atoms with Crippen LogP contribution in [-0.4, -0.2) is 29.8 Å². The number of carbonyl (C=O) groups is 1. The molecule has 1 aliphatic rings. The molecular formula is C14H19N3O2S. The van der Waals surface area contributed by atoms with E-state index in [1.807, 2.05) is 23.9 Å². The maximum Gasteiger partial charge on any atom is 0.101 e. The van der Waals surface area contributed by atoms with Gasteiger partial charge < -0.3 is 15.2 Å². The number of carboxylic acids is 1. The molecule has 0 radical (unpaired) electrons. The van der Waals surface area contributed by atoms with Gasteiger partial charge in [0.25, 0.3) is 0 Å². The predicted octanol–water partition coefficient (Wildman–Crippen LogP) is -0.225. The Morgan fingerprint density at radius 2 is 2.20 bits per heavy atom. The van der Waals surface area contributed by atoms with Crippen molar-refractivity contribution in [3.05, 3.63) is 23.9 Å². The summed E-state index contributed by atoms with van der Waals surface area (Å²) in [5.74, 6) is 0.916. The molecule has 0 saturated carbocycles. The number of quaternary nitrogens is 1. The summed E-state index contributed by atoms with van der Waals surface area (Å²) in [6.45, 7) is 3.51. The van der Waals surface area contributed by atoms with Gasteiger partial charge in [0.2, 0.25) is 0 Å². The molecule has 0 atom stereocenters. The second-order valence-electron chi connectivity index (χ2n) is 4.61. The number of rotatable bonds is 3. The van der Waals surface area contributed by atoms with E-state index >= 15 is 0 Å². The van der Waals surface area contributed by atoms with Crippen LogP contribution in [0.5, 0.6) is 0 Å². The molecule has 20 heavy (non-hydrogen) atoms. The van der Waals surface area contributed by atoms with E-state index in [0.717, 1.165) is 23.6 Å². The molecule has 1 saturated heterocycles. The highest BCUT2D eigenvalue weighted by molar-refractivity contribution is 7.99. The molecule has 2 heterocycles. The number of hydrogen-bond donors (Lipinski definition) is 1. The average molecular weight is 293 g/mol. The molecule has 0 amide bonds. The van der Waals surface area contributed by atoms with Crippen molar-refractivity contribution in [1.29, 1.82) is 5.26 Å². The van der Waals surface area contributed by atoms with Gasteiger partial charge in [-0.1, -0.05) is 0 Å². The summed E-state index contributed by atoms with van der Waals surface area (Å²) in [7, 11) is 0. The Morgan fingerprint density at radius 3 is 2.70 bits per heavy atom. The minimum absolute atomic E-state index is 0.636. The number of carboxylic acid groups (broad SMARTS) is 1. The molecule has 0 aromatic carbocycles. The molecule has 108 valence electrons. The van der Waals surface area contributed by atoms with Crippen LogP contribution in [0.2, 0.25) is 0 Å². The summed E-state index contributed by atoms with van der Waals surface area (Å²) >= 11 is 1.81. The van der Waals surface area contributed by atoms with E-state index < -0.39 is 5.97 Å². The van der Waals surface area contributed by atoms with Gasteiger partial charge in [-0.25, -0.2) is 4.98 Å². The molecular weight excluding hydrogens is 274 g/mol. The zero-order valence-corrected chi connectivity index (χ0v) is 12.4. The highest BCUT2D eigenvalue weighted by Crippen LogP contribution is 2.22. The number of nitrogens with two attached hydrogens (primary N) is 1. The third kappa shape index (κ3) is 7.12. The molecule has 1 aromatic rings. The predicted molar refractivity (Wildman–Crippen MR) is 74.7 cm³/mol. The van der Waals surface area contributed by atoms with Crippen LogP contribution in [0.1, 0.15) is 25.3 Å². The molecule has 6 heteroatoms. The van der Waals surface area contributed by atoms with Crippen molar-refractivity contribution in [2.45, 2.75) is 24.8 Å². The van der Waals surface area contributed by atoms with Crippen molar-refractivity contribution in [2.75, 3.05) is 18.8 Å². The van der Waals surface area contributed by atoms with Gasteiger partial charge in [-0.2, -0.15) is 5.26 Å². The lowest BCUT2D eigenvalue weighted by Crippen LogP contribution is -2.86. The van der Waals surface area contributed by atoms with Gasteiger partial charge >= 0.3 is 0 Å². The molecule has 2 N–H and O–H groups in total. The van der Waals surface area contributed by atoms with Crippen molar-refractivity contribution in [3.63, 3.8) is 0 Å². The first-order valence-electron chi connectivity index (χ1n) is 6.60. The van der Waals surface area contributed by atoms with Crippen LogP contribution in [0.15, 0.2) is 23.4 Å². The van der Waals surface area contributed by atoms with Gasteiger partial charge in [0.05, 0.1) is 23.7 Å². The Balaban J connectivity index is 0.000000444. The average Bonchev–Trinajstić information content (AvgIpc) is 2.46. The fourth-order valence-corrected chi connectivity index (χ4v) is 2.93. The molecule has 1 fully saturated rings.